The van der Waals surface area contributed by atoms with Crippen molar-refractivity contribution in [3.63, 3.8) is 0 Å². The Labute approximate surface area is 108 Å². The van der Waals surface area contributed by atoms with Gasteiger partial charge in [0.05, 0.1) is 0 Å². The summed E-state index contributed by atoms with van der Waals surface area (Å²) in [6, 6.07) is 7.88. The van der Waals surface area contributed by atoms with Gasteiger partial charge in [-0.2, -0.15) is 0 Å². The third-order valence-electron chi connectivity index (χ3n) is 3.25. The molecule has 1 aromatic rings. The van der Waals surface area contributed by atoms with Gasteiger partial charge in [-0.25, -0.2) is 0 Å². The molecule has 0 aromatic heterocycles. The van der Waals surface area contributed by atoms with Crippen LogP contribution in [0.4, 0.5) is 5.69 Å². The van der Waals surface area contributed by atoms with Gasteiger partial charge >= 0.3 is 0 Å². The lowest BCUT2D eigenvalue weighted by atomic mass is 10.1. The minimum atomic E-state index is 0.273. The van der Waals surface area contributed by atoms with E-state index in [9.17, 15) is 4.79 Å². The van der Waals surface area contributed by atoms with Crippen LogP contribution in [0.5, 0.6) is 0 Å². The van der Waals surface area contributed by atoms with E-state index in [0.717, 1.165) is 38.0 Å². The maximum absolute atomic E-state index is 11.9. The van der Waals surface area contributed by atoms with E-state index in [-0.39, 0.29) is 5.91 Å². The number of aryl methyl sites for hydroxylation is 1. The van der Waals surface area contributed by atoms with Gasteiger partial charge in [0, 0.05) is 25.2 Å². The summed E-state index contributed by atoms with van der Waals surface area (Å²) in [7, 11) is 0. The molecule has 1 aromatic carbocycles. The molecule has 2 N–H and O–H groups in total. The molecular formula is C15H20N2O. The molecule has 0 spiro atoms. The van der Waals surface area contributed by atoms with E-state index in [1.54, 1.807) is 0 Å². The zero-order chi connectivity index (χ0) is 12.8. The summed E-state index contributed by atoms with van der Waals surface area (Å²) in [5.41, 5.74) is 7.67. The summed E-state index contributed by atoms with van der Waals surface area (Å²) in [6.07, 6.45) is 7.68. The lowest BCUT2D eigenvalue weighted by Gasteiger charge is -2.23. The molecule has 0 unspecified atom stereocenters. The first kappa shape index (κ1) is 12.7. The number of anilines is 1. The second-order valence-electron chi connectivity index (χ2n) is 4.69. The minimum absolute atomic E-state index is 0.273. The number of amides is 1. The lowest BCUT2D eigenvalue weighted by molar-refractivity contribution is -0.130. The Kier molecular flexibility index (Phi) is 4.40. The van der Waals surface area contributed by atoms with E-state index >= 15 is 0 Å². The van der Waals surface area contributed by atoms with Crippen LogP contribution in [0, 0.1) is 0 Å². The summed E-state index contributed by atoms with van der Waals surface area (Å²) >= 11 is 0. The maximum Gasteiger partial charge on any atom is 0.222 e. The lowest BCUT2D eigenvalue weighted by Crippen LogP contribution is -2.33. The summed E-state index contributed by atoms with van der Waals surface area (Å²) in [6.45, 7) is 1.65. The second kappa shape index (κ2) is 6.24. The largest absolute Gasteiger partial charge is 0.399 e. The molecule has 1 heterocycles. The van der Waals surface area contributed by atoms with Crippen molar-refractivity contribution in [1.29, 1.82) is 0 Å². The van der Waals surface area contributed by atoms with Crippen LogP contribution in [0.15, 0.2) is 36.4 Å². The summed E-state index contributed by atoms with van der Waals surface area (Å²) in [5, 5.41) is 0. The highest BCUT2D eigenvalue weighted by Gasteiger charge is 2.12. The molecule has 0 bridgehead atoms. The van der Waals surface area contributed by atoms with Gasteiger partial charge in [0.15, 0.2) is 0 Å². The number of carbonyl (C=O) groups is 1. The van der Waals surface area contributed by atoms with E-state index in [2.05, 4.69) is 12.2 Å². The van der Waals surface area contributed by atoms with Crippen molar-refractivity contribution in [3.8, 4) is 0 Å². The highest BCUT2D eigenvalue weighted by atomic mass is 16.2. The molecule has 0 saturated heterocycles. The normalized spacial score (nSPS) is 14.8. The molecule has 96 valence electrons. The molecule has 0 aliphatic carbocycles. The van der Waals surface area contributed by atoms with Gasteiger partial charge in [0.1, 0.15) is 0 Å². The van der Waals surface area contributed by atoms with E-state index in [1.807, 2.05) is 29.2 Å². The van der Waals surface area contributed by atoms with Crippen molar-refractivity contribution < 1.29 is 4.79 Å². The van der Waals surface area contributed by atoms with E-state index in [4.69, 9.17) is 5.73 Å². The first-order valence-corrected chi connectivity index (χ1v) is 6.53. The number of hydrogen-bond acceptors (Lipinski definition) is 2. The molecule has 1 aliphatic rings. The monoisotopic (exact) mass is 244 g/mol. The van der Waals surface area contributed by atoms with E-state index in [1.165, 1.54) is 5.56 Å². The number of nitrogen functional groups attached to an aromatic ring is 1. The summed E-state index contributed by atoms with van der Waals surface area (Å²) < 4.78 is 0. The first-order valence-electron chi connectivity index (χ1n) is 6.53. The zero-order valence-corrected chi connectivity index (χ0v) is 10.6. The van der Waals surface area contributed by atoms with Gasteiger partial charge in [-0.05, 0) is 37.0 Å². The van der Waals surface area contributed by atoms with Crippen LogP contribution in [-0.4, -0.2) is 23.9 Å². The Morgan fingerprint density at radius 2 is 2.00 bits per heavy atom. The number of carbonyl (C=O) groups excluding carboxylic acids is 1. The Bertz CT molecular complexity index is 423. The smallest absolute Gasteiger partial charge is 0.222 e. The molecule has 0 fully saturated rings. The molecule has 3 nitrogen and oxygen atoms in total. The van der Waals surface area contributed by atoms with Crippen LogP contribution >= 0.6 is 0 Å². The number of benzene rings is 1. The zero-order valence-electron chi connectivity index (χ0n) is 10.6. The highest BCUT2D eigenvalue weighted by molar-refractivity contribution is 5.76. The van der Waals surface area contributed by atoms with Gasteiger partial charge in [-0.1, -0.05) is 24.3 Å². The standard InChI is InChI=1S/C15H20N2O/c16-14-9-7-13(8-10-14)5-4-6-15(18)17-11-2-1-3-12-17/h1-2,7-10H,3-6,11-12,16H2. The van der Waals surface area contributed by atoms with Gasteiger partial charge in [0.2, 0.25) is 5.91 Å². The molecule has 3 heteroatoms. The summed E-state index contributed by atoms with van der Waals surface area (Å²) in [4.78, 5) is 13.8. The maximum atomic E-state index is 11.9. The van der Waals surface area contributed by atoms with Crippen molar-refractivity contribution in [2.24, 2.45) is 0 Å². The van der Waals surface area contributed by atoms with Crippen LogP contribution in [0.25, 0.3) is 0 Å². The fraction of sp³-hybridized carbons (Fsp3) is 0.400. The quantitative estimate of drug-likeness (QED) is 0.653. The fourth-order valence-corrected chi connectivity index (χ4v) is 2.15. The highest BCUT2D eigenvalue weighted by Crippen LogP contribution is 2.10. The van der Waals surface area contributed by atoms with Crippen molar-refractivity contribution in [3.05, 3.63) is 42.0 Å². The molecule has 1 amide bonds. The van der Waals surface area contributed by atoms with Crippen LogP contribution < -0.4 is 5.73 Å². The van der Waals surface area contributed by atoms with E-state index in [0.29, 0.717) is 6.42 Å². The molecular weight excluding hydrogens is 224 g/mol. The number of hydrogen-bond donors (Lipinski definition) is 1. The average molecular weight is 244 g/mol. The third kappa shape index (κ3) is 3.62. The first-order chi connectivity index (χ1) is 8.75. The fourth-order valence-electron chi connectivity index (χ4n) is 2.15. The topological polar surface area (TPSA) is 46.3 Å². The van der Waals surface area contributed by atoms with Gasteiger partial charge in [0.25, 0.3) is 0 Å². The Morgan fingerprint density at radius 1 is 1.22 bits per heavy atom. The molecule has 0 atom stereocenters. The van der Waals surface area contributed by atoms with Crippen molar-refractivity contribution in [2.75, 3.05) is 18.8 Å². The molecule has 1 aliphatic heterocycles. The molecule has 0 radical (unpaired) electrons. The Balaban J connectivity index is 1.73. The molecule has 0 saturated carbocycles. The second-order valence-corrected chi connectivity index (χ2v) is 4.69. The van der Waals surface area contributed by atoms with Crippen molar-refractivity contribution >= 4 is 11.6 Å². The number of nitrogens with zero attached hydrogens (tertiary/aromatic N) is 1. The number of nitrogens with two attached hydrogens (primary N) is 1. The van der Waals surface area contributed by atoms with Gasteiger partial charge in [-0.15, -0.1) is 0 Å². The van der Waals surface area contributed by atoms with Crippen LogP contribution in [0.1, 0.15) is 24.8 Å². The molecule has 18 heavy (non-hydrogen) atoms. The average Bonchev–Trinajstić information content (AvgIpc) is 2.42. The van der Waals surface area contributed by atoms with Crippen LogP contribution in [-0.2, 0) is 11.2 Å². The van der Waals surface area contributed by atoms with Crippen LogP contribution in [0.3, 0.4) is 0 Å². The SMILES string of the molecule is Nc1ccc(CCCC(=O)N2CC=CCC2)cc1. The predicted octanol–water partition coefficient (Wildman–Crippen LogP) is 2.38. The Morgan fingerprint density at radius 3 is 2.67 bits per heavy atom. The van der Waals surface area contributed by atoms with Crippen molar-refractivity contribution in [2.45, 2.75) is 25.7 Å². The minimum Gasteiger partial charge on any atom is -0.399 e. The third-order valence-corrected chi connectivity index (χ3v) is 3.25. The Hall–Kier alpha value is -1.77. The van der Waals surface area contributed by atoms with Gasteiger partial charge < -0.3 is 10.6 Å². The molecule has 2 rings (SSSR count). The predicted molar refractivity (Wildman–Crippen MR) is 74.1 cm³/mol. The van der Waals surface area contributed by atoms with Gasteiger partial charge in [-0.3, -0.25) is 4.79 Å². The van der Waals surface area contributed by atoms with Crippen LogP contribution in [0.2, 0.25) is 0 Å². The van der Waals surface area contributed by atoms with E-state index < -0.39 is 0 Å². The number of rotatable bonds is 4. The van der Waals surface area contributed by atoms with Crippen molar-refractivity contribution in [1.82, 2.24) is 4.90 Å². The summed E-state index contributed by atoms with van der Waals surface area (Å²) in [5.74, 6) is 0.273.